The molecule has 2 aromatic carbocycles. The Morgan fingerprint density at radius 1 is 1.17 bits per heavy atom. The van der Waals surface area contributed by atoms with Crippen molar-refractivity contribution >= 4 is 42.6 Å². The zero-order chi connectivity index (χ0) is 21.5. The van der Waals surface area contributed by atoms with Gasteiger partial charge in [-0.1, -0.05) is 28.1 Å². The van der Waals surface area contributed by atoms with Gasteiger partial charge >= 0.3 is 0 Å². The Morgan fingerprint density at radius 2 is 1.90 bits per heavy atom. The molecule has 30 heavy (non-hydrogen) atoms. The SMILES string of the molecule is O=C(c1cc(=O)c2ccc(Br)cc2o1)N(Cc1ccc(F)cc1)[C@H]1CCS(=O)(=O)C1. The van der Waals surface area contributed by atoms with Gasteiger partial charge < -0.3 is 9.32 Å². The number of halogens is 2. The summed E-state index contributed by atoms with van der Waals surface area (Å²) < 4.78 is 43.7. The molecule has 2 heterocycles. The van der Waals surface area contributed by atoms with Gasteiger partial charge in [0.2, 0.25) is 0 Å². The molecule has 0 aliphatic carbocycles. The molecule has 1 amide bonds. The van der Waals surface area contributed by atoms with E-state index in [2.05, 4.69) is 15.9 Å². The normalized spacial score (nSPS) is 17.9. The largest absolute Gasteiger partial charge is 0.451 e. The molecule has 0 radical (unpaired) electrons. The van der Waals surface area contributed by atoms with Crippen LogP contribution in [0.5, 0.6) is 0 Å². The number of sulfone groups is 1. The summed E-state index contributed by atoms with van der Waals surface area (Å²) in [6.07, 6.45) is 0.290. The van der Waals surface area contributed by atoms with E-state index in [9.17, 15) is 22.4 Å². The molecule has 156 valence electrons. The predicted molar refractivity (Wildman–Crippen MR) is 114 cm³/mol. The molecule has 1 saturated heterocycles. The summed E-state index contributed by atoms with van der Waals surface area (Å²) in [5.74, 6) is -1.34. The first-order valence-electron chi connectivity index (χ1n) is 9.21. The summed E-state index contributed by atoms with van der Waals surface area (Å²) in [5.41, 5.74) is 0.522. The second-order valence-corrected chi connectivity index (χ2v) is 10.4. The van der Waals surface area contributed by atoms with Crippen LogP contribution in [0.4, 0.5) is 4.39 Å². The number of benzene rings is 2. The molecule has 1 aromatic heterocycles. The second kappa shape index (κ2) is 7.96. The molecule has 0 unspecified atom stereocenters. The van der Waals surface area contributed by atoms with Crippen molar-refractivity contribution in [3.05, 3.63) is 80.4 Å². The smallest absolute Gasteiger partial charge is 0.290 e. The lowest BCUT2D eigenvalue weighted by Gasteiger charge is -2.28. The Bertz CT molecular complexity index is 1290. The van der Waals surface area contributed by atoms with E-state index in [1.54, 1.807) is 18.2 Å². The molecule has 0 saturated carbocycles. The molecule has 0 bridgehead atoms. The molecule has 0 N–H and O–H groups in total. The van der Waals surface area contributed by atoms with Gasteiger partial charge in [0, 0.05) is 23.1 Å². The minimum absolute atomic E-state index is 0.0144. The van der Waals surface area contributed by atoms with Crippen LogP contribution >= 0.6 is 15.9 Å². The molecule has 4 rings (SSSR count). The first-order chi connectivity index (χ1) is 14.2. The van der Waals surface area contributed by atoms with Gasteiger partial charge in [-0.15, -0.1) is 0 Å². The maximum absolute atomic E-state index is 13.3. The molecule has 1 atom stereocenters. The minimum atomic E-state index is -3.26. The van der Waals surface area contributed by atoms with E-state index in [1.165, 1.54) is 29.2 Å². The van der Waals surface area contributed by atoms with Gasteiger partial charge in [-0.25, -0.2) is 12.8 Å². The summed E-state index contributed by atoms with van der Waals surface area (Å²) in [7, 11) is -3.26. The first kappa shape index (κ1) is 20.7. The van der Waals surface area contributed by atoms with Gasteiger partial charge in [-0.05, 0) is 42.3 Å². The van der Waals surface area contributed by atoms with Crippen LogP contribution in [-0.2, 0) is 16.4 Å². The van der Waals surface area contributed by atoms with E-state index in [1.807, 2.05) is 0 Å². The quantitative estimate of drug-likeness (QED) is 0.554. The van der Waals surface area contributed by atoms with Crippen molar-refractivity contribution in [3.8, 4) is 0 Å². The lowest BCUT2D eigenvalue weighted by Crippen LogP contribution is -2.40. The number of fused-ring (bicyclic) bond motifs is 1. The van der Waals surface area contributed by atoms with Crippen LogP contribution < -0.4 is 5.43 Å². The molecule has 1 fully saturated rings. The molecule has 3 aromatic rings. The summed E-state index contributed by atoms with van der Waals surface area (Å²) in [5, 5.41) is 0.336. The van der Waals surface area contributed by atoms with Crippen LogP contribution in [0.3, 0.4) is 0 Å². The lowest BCUT2D eigenvalue weighted by atomic mass is 10.1. The van der Waals surface area contributed by atoms with Crippen LogP contribution in [-0.4, -0.2) is 36.8 Å². The number of amides is 1. The van der Waals surface area contributed by atoms with Gasteiger partial charge in [0.05, 0.1) is 16.9 Å². The van der Waals surface area contributed by atoms with E-state index in [0.29, 0.717) is 21.8 Å². The topological polar surface area (TPSA) is 84.7 Å². The summed E-state index contributed by atoms with van der Waals surface area (Å²) in [6.45, 7) is 0.0690. The third-order valence-electron chi connectivity index (χ3n) is 5.08. The van der Waals surface area contributed by atoms with E-state index < -0.39 is 27.6 Å². The summed E-state index contributed by atoms with van der Waals surface area (Å²) in [6, 6.07) is 11.1. The van der Waals surface area contributed by atoms with Crippen LogP contribution in [0.15, 0.2) is 62.2 Å². The van der Waals surface area contributed by atoms with E-state index in [0.717, 1.165) is 6.07 Å². The van der Waals surface area contributed by atoms with Crippen molar-refractivity contribution in [2.45, 2.75) is 19.0 Å². The van der Waals surface area contributed by atoms with Crippen LogP contribution in [0.25, 0.3) is 11.0 Å². The second-order valence-electron chi connectivity index (χ2n) is 7.23. The van der Waals surface area contributed by atoms with Gasteiger partial charge in [0.1, 0.15) is 11.4 Å². The number of hydrogen-bond acceptors (Lipinski definition) is 5. The molecule has 1 aliphatic heterocycles. The Morgan fingerprint density at radius 3 is 2.57 bits per heavy atom. The van der Waals surface area contributed by atoms with Crippen LogP contribution in [0, 0.1) is 5.82 Å². The van der Waals surface area contributed by atoms with Gasteiger partial charge in [-0.2, -0.15) is 0 Å². The maximum atomic E-state index is 13.3. The van der Waals surface area contributed by atoms with Crippen molar-refractivity contribution in [2.24, 2.45) is 0 Å². The minimum Gasteiger partial charge on any atom is -0.451 e. The molecular weight excluding hydrogens is 477 g/mol. The Balaban J connectivity index is 1.74. The monoisotopic (exact) mass is 493 g/mol. The molecular formula is C21H17BrFNO5S. The highest BCUT2D eigenvalue weighted by atomic mass is 79.9. The maximum Gasteiger partial charge on any atom is 0.290 e. The van der Waals surface area contributed by atoms with Crippen LogP contribution in [0.1, 0.15) is 22.5 Å². The number of carbonyl (C=O) groups is 1. The summed E-state index contributed by atoms with van der Waals surface area (Å²) in [4.78, 5) is 27.2. The van der Waals surface area contributed by atoms with E-state index in [4.69, 9.17) is 4.42 Å². The average Bonchev–Trinajstić information content (AvgIpc) is 3.06. The van der Waals surface area contributed by atoms with Crippen molar-refractivity contribution in [1.82, 2.24) is 4.90 Å². The molecule has 0 spiro atoms. The number of rotatable bonds is 4. The number of nitrogens with zero attached hydrogens (tertiary/aromatic N) is 1. The van der Waals surface area contributed by atoms with Crippen molar-refractivity contribution in [2.75, 3.05) is 11.5 Å². The van der Waals surface area contributed by atoms with Crippen molar-refractivity contribution in [3.63, 3.8) is 0 Å². The van der Waals surface area contributed by atoms with E-state index in [-0.39, 0.29) is 34.8 Å². The summed E-state index contributed by atoms with van der Waals surface area (Å²) >= 11 is 3.31. The van der Waals surface area contributed by atoms with E-state index >= 15 is 0 Å². The zero-order valence-electron chi connectivity index (χ0n) is 15.7. The molecule has 1 aliphatic rings. The molecule has 6 nitrogen and oxygen atoms in total. The predicted octanol–water partition coefficient (Wildman–Crippen LogP) is 3.52. The van der Waals surface area contributed by atoms with Crippen molar-refractivity contribution in [1.29, 1.82) is 0 Å². The fourth-order valence-electron chi connectivity index (χ4n) is 3.55. The van der Waals surface area contributed by atoms with Gasteiger partial charge in [0.25, 0.3) is 5.91 Å². The highest BCUT2D eigenvalue weighted by Crippen LogP contribution is 2.24. The third kappa shape index (κ3) is 4.32. The third-order valence-corrected chi connectivity index (χ3v) is 7.32. The number of carbonyl (C=O) groups excluding carboxylic acids is 1. The Kier molecular flexibility index (Phi) is 5.50. The Labute approximate surface area is 180 Å². The zero-order valence-corrected chi connectivity index (χ0v) is 18.1. The molecule has 9 heteroatoms. The fraction of sp³-hybridized carbons (Fsp3) is 0.238. The van der Waals surface area contributed by atoms with Gasteiger partial charge in [0.15, 0.2) is 21.0 Å². The van der Waals surface area contributed by atoms with Gasteiger partial charge in [-0.3, -0.25) is 9.59 Å². The van der Waals surface area contributed by atoms with Crippen LogP contribution in [0.2, 0.25) is 0 Å². The first-order valence-corrected chi connectivity index (χ1v) is 11.8. The van der Waals surface area contributed by atoms with Crippen molar-refractivity contribution < 1.29 is 22.0 Å². The standard InChI is InChI=1S/C21H17BrFNO5S/c22-14-3-6-17-18(25)10-20(29-19(17)9-14)21(26)24(16-7-8-30(27,28)12-16)11-13-1-4-15(23)5-2-13/h1-6,9-10,16H,7-8,11-12H2/t16-/m0/s1. The highest BCUT2D eigenvalue weighted by Gasteiger charge is 2.36. The number of hydrogen-bond donors (Lipinski definition) is 0. The Hall–Kier alpha value is -2.52. The fourth-order valence-corrected chi connectivity index (χ4v) is 5.62. The highest BCUT2D eigenvalue weighted by molar-refractivity contribution is 9.10. The average molecular weight is 494 g/mol. The lowest BCUT2D eigenvalue weighted by molar-refractivity contribution is 0.0648.